The van der Waals surface area contributed by atoms with Gasteiger partial charge < -0.3 is 0 Å². The predicted molar refractivity (Wildman–Crippen MR) is 50.8 cm³/mol. The van der Waals surface area contributed by atoms with Crippen LogP contribution < -0.4 is 0 Å². The van der Waals surface area contributed by atoms with E-state index in [4.69, 9.17) is 0 Å². The van der Waals surface area contributed by atoms with E-state index in [2.05, 4.69) is 29.1 Å². The summed E-state index contributed by atoms with van der Waals surface area (Å²) in [5, 5.41) is 1.31. The summed E-state index contributed by atoms with van der Waals surface area (Å²) in [6, 6.07) is 3.24. The molecule has 0 bridgehead atoms. The van der Waals surface area contributed by atoms with E-state index < -0.39 is 0 Å². The summed E-state index contributed by atoms with van der Waals surface area (Å²) in [7, 11) is 4.13. The summed E-state index contributed by atoms with van der Waals surface area (Å²) < 4.78 is 4.20. The summed E-state index contributed by atoms with van der Waals surface area (Å²) in [6.45, 7) is 4.28. The van der Waals surface area contributed by atoms with Crippen LogP contribution in [0.3, 0.4) is 0 Å². The second-order valence-electron chi connectivity index (χ2n) is 2.68. The van der Waals surface area contributed by atoms with Crippen LogP contribution in [0.15, 0.2) is 0 Å². The first-order chi connectivity index (χ1) is 5.20. The molecule has 0 aromatic rings. The summed E-state index contributed by atoms with van der Waals surface area (Å²) in [4.78, 5) is 0. The molecule has 11 heavy (non-hydrogen) atoms. The molecule has 0 radical (unpaired) electrons. The number of nitrogens with zero attached hydrogens (tertiary/aromatic N) is 2. The van der Waals surface area contributed by atoms with Gasteiger partial charge in [-0.15, -0.1) is 0 Å². The van der Waals surface area contributed by atoms with Gasteiger partial charge in [-0.1, -0.05) is 0 Å². The van der Waals surface area contributed by atoms with Crippen LogP contribution in [0.25, 0.3) is 0 Å². The van der Waals surface area contributed by atoms with Crippen LogP contribution in [0.5, 0.6) is 0 Å². The minimum absolute atomic E-state index is 1.03. The molecule has 0 N–H and O–H groups in total. The fraction of sp³-hybridized carbons (Fsp3) is 0.875. The van der Waals surface area contributed by atoms with Crippen molar-refractivity contribution in [1.29, 1.82) is 0 Å². The van der Waals surface area contributed by atoms with Gasteiger partial charge in [0.05, 0.1) is 0 Å². The molecule has 0 heterocycles. The summed E-state index contributed by atoms with van der Waals surface area (Å²) >= 11 is 1.81. The van der Waals surface area contributed by atoms with E-state index in [0.29, 0.717) is 0 Å². The Morgan fingerprint density at radius 3 is 2.36 bits per heavy atom. The molecule has 64 valence electrons. The molecule has 0 aliphatic rings. The molecule has 1 unspecified atom stereocenters. The number of hydrogen-bond acceptors (Lipinski definition) is 0. The molecule has 0 saturated heterocycles. The fourth-order valence-electron chi connectivity index (χ4n) is 0.741. The van der Waals surface area contributed by atoms with Crippen LogP contribution in [0, 0.1) is 0 Å². The van der Waals surface area contributed by atoms with Gasteiger partial charge in [0.2, 0.25) is 0 Å². The molecule has 3 heteroatoms. The van der Waals surface area contributed by atoms with E-state index in [1.807, 2.05) is 23.9 Å². The van der Waals surface area contributed by atoms with Crippen molar-refractivity contribution in [3.05, 3.63) is 0 Å². The van der Waals surface area contributed by atoms with Gasteiger partial charge in [0.1, 0.15) is 0 Å². The van der Waals surface area contributed by atoms with Gasteiger partial charge in [-0.2, -0.15) is 0 Å². The Balaban J connectivity index is 3.98. The summed E-state index contributed by atoms with van der Waals surface area (Å²) in [5.41, 5.74) is 0. The van der Waals surface area contributed by atoms with E-state index in [-0.39, 0.29) is 0 Å². The fourth-order valence-corrected chi connectivity index (χ4v) is 1.12. The molecule has 2 nitrogen and oxygen atoms in total. The topological polar surface area (TPSA) is 6.02 Å². The third kappa shape index (κ3) is 6.34. The van der Waals surface area contributed by atoms with Crippen molar-refractivity contribution in [1.82, 2.24) is 0 Å². The van der Waals surface area contributed by atoms with Gasteiger partial charge in [0.15, 0.2) is 0 Å². The molecule has 0 aromatic carbocycles. The Bertz CT molecular complexity index is 169. The Kier molecular flexibility index (Phi) is 6.60. The van der Waals surface area contributed by atoms with E-state index in [1.165, 1.54) is 11.6 Å². The van der Waals surface area contributed by atoms with Gasteiger partial charge in [-0.05, 0) is 0 Å². The molecule has 0 aromatic heterocycles. The van der Waals surface area contributed by atoms with E-state index in [1.54, 1.807) is 0 Å². The maximum atomic E-state index is 3.24. The Morgan fingerprint density at radius 1 is 1.27 bits per heavy atom. The Labute approximate surface area is 78.1 Å². The number of hydrogen-bond donors (Lipinski definition) is 0. The molecule has 0 aliphatic heterocycles. The third-order valence-electron chi connectivity index (χ3n) is 1.51. The normalized spacial score (nSPS) is 9.09. The molecule has 0 aliphatic carbocycles. The van der Waals surface area contributed by atoms with Crippen LogP contribution >= 0.6 is 0 Å². The second-order valence-corrected chi connectivity index (χ2v) is 3.89. The van der Waals surface area contributed by atoms with Gasteiger partial charge in [-0.3, -0.25) is 0 Å². The molecule has 0 rings (SSSR count). The van der Waals surface area contributed by atoms with Crippen LogP contribution in [0.4, 0.5) is 0 Å². The van der Waals surface area contributed by atoms with Crippen molar-refractivity contribution >= 4 is 22.9 Å². The molecular weight excluding hydrogens is 199 g/mol. The minimum atomic E-state index is 1.03. The zero-order valence-electron chi connectivity index (χ0n) is 7.80. The van der Waals surface area contributed by atoms with E-state index >= 15 is 0 Å². The van der Waals surface area contributed by atoms with Gasteiger partial charge in [-0.25, -0.2) is 0 Å². The average Bonchev–Trinajstić information content (AvgIpc) is 2.00. The zero-order valence-corrected chi connectivity index (χ0v) is 10.2. The van der Waals surface area contributed by atoms with E-state index in [9.17, 15) is 0 Å². The SMILES string of the molecule is CC[N+](C)=C=[N+](C)CCC[AsH2]. The van der Waals surface area contributed by atoms with Crippen molar-refractivity contribution in [2.24, 2.45) is 0 Å². The zero-order chi connectivity index (χ0) is 8.69. The molecule has 1 atom stereocenters. The van der Waals surface area contributed by atoms with Crippen LogP contribution in [0.1, 0.15) is 13.3 Å². The second kappa shape index (κ2) is 6.64. The average molecular weight is 218 g/mol. The Hall–Kier alpha value is -0.0616. The van der Waals surface area contributed by atoms with Gasteiger partial charge in [0, 0.05) is 0 Å². The standard InChI is InChI=1S/C8H19AsN2/c1-4-10(2)8-11(3)7-5-6-9/h4-7,9H2,1-3H3/q+2. The van der Waals surface area contributed by atoms with Gasteiger partial charge in [0.25, 0.3) is 0 Å². The van der Waals surface area contributed by atoms with Crippen molar-refractivity contribution in [3.8, 4) is 0 Å². The monoisotopic (exact) mass is 218 g/mol. The first-order valence-electron chi connectivity index (χ1n) is 4.09. The van der Waals surface area contributed by atoms with Crippen molar-refractivity contribution in [2.75, 3.05) is 27.2 Å². The molecule has 0 fully saturated rings. The van der Waals surface area contributed by atoms with Crippen molar-refractivity contribution < 1.29 is 9.15 Å². The molecule has 0 spiro atoms. The van der Waals surface area contributed by atoms with Crippen LogP contribution in [0.2, 0.25) is 5.21 Å². The summed E-state index contributed by atoms with van der Waals surface area (Å²) in [5.74, 6) is 0. The van der Waals surface area contributed by atoms with Gasteiger partial charge >= 0.3 is 77.8 Å². The molecular formula is C8H19AsN2+2. The molecule has 0 amide bonds. The van der Waals surface area contributed by atoms with Crippen LogP contribution in [-0.4, -0.2) is 59.2 Å². The quantitative estimate of drug-likeness (QED) is 0.353. The third-order valence-corrected chi connectivity index (χ3v) is 2.37. The van der Waals surface area contributed by atoms with Crippen LogP contribution in [-0.2, 0) is 0 Å². The maximum absolute atomic E-state index is 3.24. The van der Waals surface area contributed by atoms with E-state index in [0.717, 1.165) is 13.1 Å². The van der Waals surface area contributed by atoms with Crippen molar-refractivity contribution in [3.63, 3.8) is 0 Å². The predicted octanol–water partition coefficient (Wildman–Crippen LogP) is -0.0937. The number of rotatable bonds is 4. The summed E-state index contributed by atoms with van der Waals surface area (Å²) in [6.07, 6.45) is 1.28. The molecule has 0 saturated carbocycles. The Morgan fingerprint density at radius 2 is 1.91 bits per heavy atom. The first-order valence-corrected chi connectivity index (χ1v) is 5.80. The van der Waals surface area contributed by atoms with Crippen molar-refractivity contribution in [2.45, 2.75) is 18.6 Å². The first kappa shape index (κ1) is 10.9.